The van der Waals surface area contributed by atoms with Gasteiger partial charge in [-0.3, -0.25) is 9.59 Å². The van der Waals surface area contributed by atoms with Gasteiger partial charge in [0.2, 0.25) is 5.91 Å². The van der Waals surface area contributed by atoms with Gasteiger partial charge in [0.1, 0.15) is 10.8 Å². The van der Waals surface area contributed by atoms with E-state index in [1.807, 2.05) is 44.2 Å². The van der Waals surface area contributed by atoms with Crippen LogP contribution < -0.4 is 5.32 Å². The highest BCUT2D eigenvalue weighted by atomic mass is 32.1. The Kier molecular flexibility index (Phi) is 10.7. The Balaban J connectivity index is 0.000000804. The molecule has 0 aliphatic heterocycles. The lowest BCUT2D eigenvalue weighted by Crippen LogP contribution is -2.48. The van der Waals surface area contributed by atoms with Crippen LogP contribution in [-0.2, 0) is 20.9 Å². The van der Waals surface area contributed by atoms with E-state index in [4.69, 9.17) is 12.2 Å². The number of methoxy groups -OCH3 is 1. The third kappa shape index (κ3) is 8.29. The lowest BCUT2D eigenvalue weighted by atomic mass is 10.0. The van der Waals surface area contributed by atoms with Crippen LogP contribution in [0, 0.1) is 11.7 Å². The average molecular weight is 433 g/mol. The zero-order chi connectivity index (χ0) is 22.7. The summed E-state index contributed by atoms with van der Waals surface area (Å²) in [4.78, 5) is 24.0. The molecule has 0 heterocycles. The number of ether oxygens (including phenoxy) is 1. The molecule has 0 aliphatic rings. The van der Waals surface area contributed by atoms with Gasteiger partial charge in [0, 0.05) is 20.4 Å². The first-order valence-electron chi connectivity index (χ1n) is 9.58. The molecule has 5 nitrogen and oxygen atoms in total. The number of para-hydroxylation sites is 1. The monoisotopic (exact) mass is 432 g/mol. The molecule has 30 heavy (non-hydrogen) atoms. The standard InChI is InChI=1S/C20H23FN2OS.C3H6O2/c1-14(2)19(20(25)22-18-12-8-7-11-17(18)21)23(15(3)24)13-16-9-5-4-6-10-16;1-3(4)5-2/h4-12,14,19H,13H2,1-3H3,(H,22,25);1-2H3. The normalized spacial score (nSPS) is 11.0. The van der Waals surface area contributed by atoms with Crippen molar-refractivity contribution in [1.82, 2.24) is 4.90 Å². The summed E-state index contributed by atoms with van der Waals surface area (Å²) in [5.74, 6) is -0.602. The van der Waals surface area contributed by atoms with E-state index in [1.165, 1.54) is 27.0 Å². The van der Waals surface area contributed by atoms with Gasteiger partial charge in [0.05, 0.1) is 18.8 Å². The molecule has 162 valence electrons. The van der Waals surface area contributed by atoms with Crippen molar-refractivity contribution in [2.75, 3.05) is 12.4 Å². The highest BCUT2D eigenvalue weighted by molar-refractivity contribution is 7.80. The van der Waals surface area contributed by atoms with E-state index in [-0.39, 0.29) is 29.7 Å². The van der Waals surface area contributed by atoms with Gasteiger partial charge in [-0.15, -0.1) is 0 Å². The minimum Gasteiger partial charge on any atom is -0.469 e. The summed E-state index contributed by atoms with van der Waals surface area (Å²) in [7, 11) is 1.35. The predicted octanol–water partition coefficient (Wildman–Crippen LogP) is 4.82. The van der Waals surface area contributed by atoms with E-state index in [0.717, 1.165) is 5.56 Å². The summed E-state index contributed by atoms with van der Waals surface area (Å²) in [6.07, 6.45) is 0. The zero-order valence-electron chi connectivity index (χ0n) is 18.0. The first-order valence-corrected chi connectivity index (χ1v) is 9.99. The second-order valence-electron chi connectivity index (χ2n) is 6.99. The van der Waals surface area contributed by atoms with Crippen LogP contribution in [0.5, 0.6) is 0 Å². The lowest BCUT2D eigenvalue weighted by molar-refractivity contribution is -0.138. The zero-order valence-corrected chi connectivity index (χ0v) is 18.8. The van der Waals surface area contributed by atoms with Crippen LogP contribution in [0.2, 0.25) is 0 Å². The fourth-order valence-electron chi connectivity index (χ4n) is 2.76. The van der Waals surface area contributed by atoms with E-state index >= 15 is 0 Å². The summed E-state index contributed by atoms with van der Waals surface area (Å²) in [5, 5.41) is 2.98. The number of amides is 1. The Hall–Kier alpha value is -2.80. The highest BCUT2D eigenvalue weighted by Crippen LogP contribution is 2.20. The number of hydrogen-bond acceptors (Lipinski definition) is 4. The molecular formula is C23H29FN2O3S. The number of carbonyl (C=O) groups excluding carboxylic acids is 2. The summed E-state index contributed by atoms with van der Waals surface area (Å²) >= 11 is 5.53. The number of hydrogen-bond donors (Lipinski definition) is 1. The van der Waals surface area contributed by atoms with Crippen LogP contribution in [0.25, 0.3) is 0 Å². The Morgan fingerprint density at radius 2 is 1.60 bits per heavy atom. The number of nitrogens with one attached hydrogen (secondary N) is 1. The molecule has 1 N–H and O–H groups in total. The topological polar surface area (TPSA) is 58.6 Å². The van der Waals surface area contributed by atoms with Crippen LogP contribution in [0.3, 0.4) is 0 Å². The molecule has 0 saturated heterocycles. The number of rotatable bonds is 6. The molecule has 0 bridgehead atoms. The summed E-state index contributed by atoms with van der Waals surface area (Å²) < 4.78 is 18.0. The molecule has 0 aliphatic carbocycles. The summed E-state index contributed by atoms with van der Waals surface area (Å²) in [6, 6.07) is 15.8. The van der Waals surface area contributed by atoms with Crippen LogP contribution >= 0.6 is 12.2 Å². The molecule has 1 atom stereocenters. The predicted molar refractivity (Wildman–Crippen MR) is 122 cm³/mol. The van der Waals surface area contributed by atoms with Gasteiger partial charge < -0.3 is 15.0 Å². The highest BCUT2D eigenvalue weighted by Gasteiger charge is 2.28. The van der Waals surface area contributed by atoms with Crippen molar-refractivity contribution in [3.63, 3.8) is 0 Å². The second kappa shape index (κ2) is 12.7. The largest absolute Gasteiger partial charge is 0.469 e. The molecular weight excluding hydrogens is 403 g/mol. The maximum Gasteiger partial charge on any atom is 0.302 e. The van der Waals surface area contributed by atoms with Crippen molar-refractivity contribution >= 4 is 34.8 Å². The third-order valence-electron chi connectivity index (χ3n) is 4.26. The summed E-state index contributed by atoms with van der Waals surface area (Å²) in [5.41, 5.74) is 1.35. The van der Waals surface area contributed by atoms with Crippen molar-refractivity contribution in [1.29, 1.82) is 0 Å². The van der Waals surface area contributed by atoms with Gasteiger partial charge in [0.15, 0.2) is 0 Å². The van der Waals surface area contributed by atoms with Gasteiger partial charge in [-0.05, 0) is 23.6 Å². The average Bonchev–Trinajstić information content (AvgIpc) is 2.70. The third-order valence-corrected chi connectivity index (χ3v) is 4.60. The SMILES string of the molecule is CC(=O)N(Cc1ccccc1)C(C(=S)Nc1ccccc1F)C(C)C.COC(C)=O. The Labute approximate surface area is 183 Å². The lowest BCUT2D eigenvalue weighted by Gasteiger charge is -2.34. The van der Waals surface area contributed by atoms with Crippen LogP contribution in [0.4, 0.5) is 10.1 Å². The number of nitrogens with zero attached hydrogens (tertiary/aromatic N) is 1. The minimum absolute atomic E-state index is 0.0692. The van der Waals surface area contributed by atoms with Gasteiger partial charge in [-0.1, -0.05) is 68.5 Å². The van der Waals surface area contributed by atoms with Gasteiger partial charge >= 0.3 is 5.97 Å². The van der Waals surface area contributed by atoms with Crippen LogP contribution in [0.1, 0.15) is 33.3 Å². The van der Waals surface area contributed by atoms with Crippen LogP contribution in [-0.4, -0.2) is 34.9 Å². The van der Waals surface area contributed by atoms with Gasteiger partial charge in [-0.25, -0.2) is 4.39 Å². The number of halogens is 1. The molecule has 0 aromatic heterocycles. The molecule has 1 unspecified atom stereocenters. The first kappa shape index (κ1) is 25.2. The molecule has 2 aromatic carbocycles. The Bertz CT molecular complexity index is 843. The quantitative estimate of drug-likeness (QED) is 0.524. The van der Waals surface area contributed by atoms with Crippen molar-refractivity contribution in [3.8, 4) is 0 Å². The van der Waals surface area contributed by atoms with E-state index < -0.39 is 0 Å². The number of anilines is 1. The number of esters is 1. The molecule has 0 saturated carbocycles. The van der Waals surface area contributed by atoms with Crippen molar-refractivity contribution in [2.45, 2.75) is 40.3 Å². The summed E-state index contributed by atoms with van der Waals surface area (Å²) in [6.45, 7) is 7.35. The molecule has 0 spiro atoms. The first-order chi connectivity index (χ1) is 14.2. The fraction of sp³-hybridized carbons (Fsp3) is 0.348. The number of thiocarbonyl (C=S) groups is 1. The molecule has 0 fully saturated rings. The molecule has 7 heteroatoms. The van der Waals surface area contributed by atoms with E-state index in [9.17, 15) is 14.0 Å². The Morgan fingerprint density at radius 1 is 1.07 bits per heavy atom. The minimum atomic E-state index is -0.371. The molecule has 1 amide bonds. The fourth-order valence-corrected chi connectivity index (χ4v) is 3.27. The number of carbonyl (C=O) groups is 2. The van der Waals surface area contributed by atoms with E-state index in [0.29, 0.717) is 17.2 Å². The number of benzene rings is 2. The molecule has 2 aromatic rings. The van der Waals surface area contributed by atoms with E-state index in [2.05, 4.69) is 10.1 Å². The smallest absolute Gasteiger partial charge is 0.302 e. The van der Waals surface area contributed by atoms with Crippen LogP contribution in [0.15, 0.2) is 54.6 Å². The maximum absolute atomic E-state index is 13.9. The maximum atomic E-state index is 13.9. The Morgan fingerprint density at radius 3 is 2.07 bits per heavy atom. The van der Waals surface area contributed by atoms with E-state index in [1.54, 1.807) is 23.1 Å². The van der Waals surface area contributed by atoms with Crippen molar-refractivity contribution < 1.29 is 18.7 Å². The molecule has 2 rings (SSSR count). The van der Waals surface area contributed by atoms with Gasteiger partial charge in [0.25, 0.3) is 0 Å². The molecule has 0 radical (unpaired) electrons. The second-order valence-corrected chi connectivity index (χ2v) is 7.43. The van der Waals surface area contributed by atoms with Crippen molar-refractivity contribution in [2.24, 2.45) is 5.92 Å². The van der Waals surface area contributed by atoms with Gasteiger partial charge in [-0.2, -0.15) is 0 Å². The van der Waals surface area contributed by atoms with Crippen molar-refractivity contribution in [3.05, 3.63) is 66.0 Å².